The van der Waals surface area contributed by atoms with Crippen LogP contribution < -0.4 is 4.74 Å². The van der Waals surface area contributed by atoms with E-state index in [0.717, 1.165) is 39.6 Å². The maximum absolute atomic E-state index is 11.8. The topological polar surface area (TPSA) is 72.6 Å². The molecular weight excluding hydrogens is 426 g/mol. The van der Waals surface area contributed by atoms with Crippen molar-refractivity contribution in [1.29, 1.82) is 0 Å². The molecule has 0 bridgehead atoms. The number of fused-ring (bicyclic) bond motifs is 2. The van der Waals surface area contributed by atoms with E-state index < -0.39 is 5.97 Å². The number of allylic oxidation sites excluding steroid dienone is 2. The number of carbonyl (C=O) groups is 1. The minimum absolute atomic E-state index is 0.161. The summed E-state index contributed by atoms with van der Waals surface area (Å²) < 4.78 is 12.2. The molecule has 4 rings (SSSR count). The molecule has 1 N–H and O–H groups in total. The number of furan rings is 1. The van der Waals surface area contributed by atoms with Gasteiger partial charge in [0.2, 0.25) is 0 Å². The Morgan fingerprint density at radius 1 is 1.21 bits per heavy atom. The molecule has 0 radical (unpaired) electrons. The smallest absolute Gasteiger partial charge is 0.307 e. The fourth-order valence-corrected chi connectivity index (χ4v) is 4.11. The van der Waals surface area contributed by atoms with E-state index in [4.69, 9.17) is 14.1 Å². The Balaban J connectivity index is 1.91. The molecule has 2 heterocycles. The van der Waals surface area contributed by atoms with Crippen LogP contribution in [0.4, 0.5) is 0 Å². The van der Waals surface area contributed by atoms with Crippen molar-refractivity contribution in [3.05, 3.63) is 96.1 Å². The first-order valence-corrected chi connectivity index (χ1v) is 11.2. The van der Waals surface area contributed by atoms with E-state index in [9.17, 15) is 9.90 Å². The number of aromatic nitrogens is 1. The van der Waals surface area contributed by atoms with Crippen molar-refractivity contribution in [3.63, 3.8) is 0 Å². The lowest BCUT2D eigenvalue weighted by Crippen LogP contribution is -2.06. The minimum Gasteiger partial charge on any atom is -0.488 e. The van der Waals surface area contributed by atoms with E-state index >= 15 is 0 Å². The third-order valence-electron chi connectivity index (χ3n) is 5.77. The number of hydrogen-bond donors (Lipinski definition) is 1. The second-order valence-corrected chi connectivity index (χ2v) is 8.13. The maximum Gasteiger partial charge on any atom is 0.307 e. The molecule has 2 aromatic heterocycles. The molecule has 0 amide bonds. The molecule has 5 nitrogen and oxygen atoms in total. The quantitative estimate of drug-likeness (QED) is 0.281. The molecule has 0 saturated heterocycles. The van der Waals surface area contributed by atoms with Gasteiger partial charge in [-0.05, 0) is 48.2 Å². The summed E-state index contributed by atoms with van der Waals surface area (Å²) in [6, 6.07) is 13.5. The molecule has 0 unspecified atom stereocenters. The summed E-state index contributed by atoms with van der Waals surface area (Å²) in [4.78, 5) is 16.8. The second kappa shape index (κ2) is 9.79. The molecule has 172 valence electrons. The lowest BCUT2D eigenvalue weighted by atomic mass is 9.98. The zero-order chi connectivity index (χ0) is 24.2. The Labute approximate surface area is 198 Å². The van der Waals surface area contributed by atoms with Gasteiger partial charge in [-0.2, -0.15) is 0 Å². The highest BCUT2D eigenvalue weighted by Crippen LogP contribution is 2.37. The lowest BCUT2D eigenvalue weighted by molar-refractivity contribution is -0.136. The van der Waals surface area contributed by atoms with Gasteiger partial charge in [-0.1, -0.05) is 62.6 Å². The van der Waals surface area contributed by atoms with E-state index in [-0.39, 0.29) is 13.0 Å². The van der Waals surface area contributed by atoms with Crippen molar-refractivity contribution in [3.8, 4) is 17.2 Å². The molecule has 0 aliphatic carbocycles. The summed E-state index contributed by atoms with van der Waals surface area (Å²) in [5.41, 5.74) is 5.49. The number of aliphatic carboxylic acids is 1. The Morgan fingerprint density at radius 3 is 2.71 bits per heavy atom. The van der Waals surface area contributed by atoms with Gasteiger partial charge in [0.05, 0.1) is 11.9 Å². The van der Waals surface area contributed by atoms with Crippen LogP contribution in [-0.2, 0) is 17.6 Å². The van der Waals surface area contributed by atoms with Crippen molar-refractivity contribution in [2.45, 2.75) is 26.7 Å². The number of pyridine rings is 1. The monoisotopic (exact) mass is 453 g/mol. The first-order valence-electron chi connectivity index (χ1n) is 11.2. The first-order chi connectivity index (χ1) is 16.4. The summed E-state index contributed by atoms with van der Waals surface area (Å²) >= 11 is 0. The van der Waals surface area contributed by atoms with Crippen LogP contribution in [0.2, 0.25) is 0 Å². The Morgan fingerprint density at radius 2 is 2.00 bits per heavy atom. The molecule has 0 atom stereocenters. The number of ether oxygens (including phenoxy) is 1. The van der Waals surface area contributed by atoms with Gasteiger partial charge >= 0.3 is 5.97 Å². The van der Waals surface area contributed by atoms with Crippen molar-refractivity contribution in [2.24, 2.45) is 0 Å². The number of carboxylic acid groups (broad SMARTS) is 1. The number of rotatable bonds is 9. The average Bonchev–Trinajstić information content (AvgIpc) is 3.17. The maximum atomic E-state index is 11.8. The molecular formula is C29H27NO4. The molecule has 34 heavy (non-hydrogen) atoms. The number of benzene rings is 2. The summed E-state index contributed by atoms with van der Waals surface area (Å²) in [6.07, 6.45) is 5.88. The molecule has 0 saturated carbocycles. The predicted molar refractivity (Wildman–Crippen MR) is 136 cm³/mol. The standard InChI is InChI=1S/C29H27NO4/c1-5-7-10-18(3)17-33-25-14-13-20(6-2)28-27(25)21(16-26(31)32)15-23(30-28)29-19(4)22-11-8-9-12-24(22)34-29/h5,7-15H,1,3,6,16-17H2,2,4H3,(H,31,32)/b10-7-. The zero-order valence-electron chi connectivity index (χ0n) is 19.4. The van der Waals surface area contributed by atoms with Gasteiger partial charge in [0, 0.05) is 16.3 Å². The third-order valence-corrected chi connectivity index (χ3v) is 5.77. The zero-order valence-corrected chi connectivity index (χ0v) is 19.4. The normalized spacial score (nSPS) is 11.4. The second-order valence-electron chi connectivity index (χ2n) is 8.13. The average molecular weight is 454 g/mol. The highest BCUT2D eigenvalue weighted by molar-refractivity contribution is 5.96. The van der Waals surface area contributed by atoms with Crippen LogP contribution >= 0.6 is 0 Å². The van der Waals surface area contributed by atoms with E-state index in [0.29, 0.717) is 28.2 Å². The van der Waals surface area contributed by atoms with Gasteiger partial charge in [0.1, 0.15) is 23.6 Å². The minimum atomic E-state index is -0.925. The van der Waals surface area contributed by atoms with Crippen molar-refractivity contribution in [2.75, 3.05) is 6.61 Å². The molecule has 0 aliphatic heterocycles. The van der Waals surface area contributed by atoms with Crippen LogP contribution in [0.25, 0.3) is 33.3 Å². The third kappa shape index (κ3) is 4.50. The van der Waals surface area contributed by atoms with Gasteiger partial charge in [-0.25, -0.2) is 4.98 Å². The number of carboxylic acids is 1. The fraction of sp³-hybridized carbons (Fsp3) is 0.172. The van der Waals surface area contributed by atoms with Gasteiger partial charge < -0.3 is 14.3 Å². The Hall–Kier alpha value is -4.12. The van der Waals surface area contributed by atoms with E-state index in [1.807, 2.05) is 49.4 Å². The van der Waals surface area contributed by atoms with Crippen molar-refractivity contribution in [1.82, 2.24) is 4.98 Å². The van der Waals surface area contributed by atoms with Crippen LogP contribution in [0, 0.1) is 6.92 Å². The first kappa shape index (κ1) is 23.1. The van der Waals surface area contributed by atoms with Crippen molar-refractivity contribution >= 4 is 27.8 Å². The number of nitrogens with zero attached hydrogens (tertiary/aromatic N) is 1. The van der Waals surface area contributed by atoms with E-state index in [2.05, 4.69) is 20.1 Å². The van der Waals surface area contributed by atoms with Gasteiger partial charge in [-0.15, -0.1) is 0 Å². The van der Waals surface area contributed by atoms with Crippen molar-refractivity contribution < 1.29 is 19.1 Å². The largest absolute Gasteiger partial charge is 0.488 e. The predicted octanol–water partition coefficient (Wildman–Crippen LogP) is 6.82. The SMILES string of the molecule is C=C/C=C\C(=C)COc1ccc(CC)c2nc(-c3oc4ccccc4c3C)cc(CC(=O)O)c12. The summed E-state index contributed by atoms with van der Waals surface area (Å²) in [6.45, 7) is 12.0. The van der Waals surface area contributed by atoms with Crippen LogP contribution in [-0.4, -0.2) is 22.7 Å². The number of hydrogen-bond acceptors (Lipinski definition) is 4. The highest BCUT2D eigenvalue weighted by Gasteiger charge is 2.20. The van der Waals surface area contributed by atoms with Crippen LogP contribution in [0.3, 0.4) is 0 Å². The van der Waals surface area contributed by atoms with Crippen LogP contribution in [0.1, 0.15) is 23.6 Å². The van der Waals surface area contributed by atoms with Crippen LogP contribution in [0.5, 0.6) is 5.75 Å². The molecule has 0 aliphatic rings. The summed E-state index contributed by atoms with van der Waals surface area (Å²) in [5, 5.41) is 11.4. The molecule has 2 aromatic carbocycles. The Kier molecular flexibility index (Phi) is 6.64. The molecule has 5 heteroatoms. The van der Waals surface area contributed by atoms with Gasteiger partial charge in [-0.3, -0.25) is 4.79 Å². The van der Waals surface area contributed by atoms with Crippen LogP contribution in [0.15, 0.2) is 83.8 Å². The molecule has 4 aromatic rings. The lowest BCUT2D eigenvalue weighted by Gasteiger charge is -2.16. The van der Waals surface area contributed by atoms with E-state index in [1.54, 1.807) is 18.2 Å². The Bertz CT molecular complexity index is 1440. The summed E-state index contributed by atoms with van der Waals surface area (Å²) in [5.74, 6) is 0.300. The van der Waals surface area contributed by atoms with Gasteiger partial charge in [0.25, 0.3) is 0 Å². The highest BCUT2D eigenvalue weighted by atomic mass is 16.5. The van der Waals surface area contributed by atoms with Gasteiger partial charge in [0.15, 0.2) is 5.76 Å². The molecule has 0 spiro atoms. The number of para-hydroxylation sites is 1. The summed E-state index contributed by atoms with van der Waals surface area (Å²) in [7, 11) is 0. The number of aryl methyl sites for hydroxylation is 2. The fourth-order valence-electron chi connectivity index (χ4n) is 4.11. The molecule has 0 fully saturated rings. The van der Waals surface area contributed by atoms with E-state index in [1.165, 1.54) is 0 Å².